The molecular weight excluding hydrogens is 288 g/mol. The Bertz CT molecular complexity index is 799. The average molecular weight is 308 g/mol. The van der Waals surface area contributed by atoms with Crippen molar-refractivity contribution >= 4 is 11.5 Å². The largest absolute Gasteiger partial charge is 0.391 e. The maximum Gasteiger partial charge on any atom is 0.157 e. The number of anilines is 1. The Morgan fingerprint density at radius 1 is 1.09 bits per heavy atom. The van der Waals surface area contributed by atoms with Crippen molar-refractivity contribution in [3.63, 3.8) is 0 Å². The van der Waals surface area contributed by atoms with Crippen LogP contribution in [0.1, 0.15) is 25.7 Å². The van der Waals surface area contributed by atoms with Gasteiger partial charge in [-0.05, 0) is 12.8 Å². The number of rotatable bonds is 3. The molecule has 1 aliphatic rings. The zero-order chi connectivity index (χ0) is 15.6. The predicted molar refractivity (Wildman–Crippen MR) is 90.3 cm³/mol. The van der Waals surface area contributed by atoms with Crippen molar-refractivity contribution in [1.29, 1.82) is 0 Å². The molecule has 4 rings (SSSR count). The standard InChI is InChI=1S/C18H20N4O/c23-16-9-5-4-8-14(16)20-18-12-15(13-6-2-1-3-7-13)21-17-10-11-19-22(17)18/h1-3,6-7,10-12,14,16,20,23H,4-5,8-9H2/t14-,16-/m1/s1. The number of aromatic nitrogens is 3. The first-order chi connectivity index (χ1) is 11.3. The molecule has 3 aromatic rings. The molecule has 1 aliphatic carbocycles. The van der Waals surface area contributed by atoms with Crippen molar-refractivity contribution in [1.82, 2.24) is 14.6 Å². The molecule has 0 bridgehead atoms. The second-order valence-corrected chi connectivity index (χ2v) is 6.10. The molecule has 118 valence electrons. The topological polar surface area (TPSA) is 62.5 Å². The Hall–Kier alpha value is -2.40. The van der Waals surface area contributed by atoms with Gasteiger partial charge in [-0.25, -0.2) is 4.98 Å². The molecule has 2 heterocycles. The van der Waals surface area contributed by atoms with E-state index in [9.17, 15) is 5.11 Å². The van der Waals surface area contributed by atoms with Crippen molar-refractivity contribution in [3.05, 3.63) is 48.7 Å². The number of fused-ring (bicyclic) bond motifs is 1. The quantitative estimate of drug-likeness (QED) is 0.780. The van der Waals surface area contributed by atoms with Crippen molar-refractivity contribution in [2.45, 2.75) is 37.8 Å². The van der Waals surface area contributed by atoms with Crippen molar-refractivity contribution in [3.8, 4) is 11.3 Å². The van der Waals surface area contributed by atoms with E-state index in [4.69, 9.17) is 0 Å². The molecule has 0 radical (unpaired) electrons. The molecule has 2 aromatic heterocycles. The summed E-state index contributed by atoms with van der Waals surface area (Å²) >= 11 is 0. The van der Waals surface area contributed by atoms with E-state index in [1.807, 2.05) is 30.3 Å². The SMILES string of the molecule is O[C@@H]1CCCC[C@H]1Nc1cc(-c2ccccc2)nc2ccnn12. The molecule has 1 aromatic carbocycles. The fraction of sp³-hybridized carbons (Fsp3) is 0.333. The molecule has 0 spiro atoms. The Morgan fingerprint density at radius 2 is 1.91 bits per heavy atom. The number of hydrogen-bond acceptors (Lipinski definition) is 4. The highest BCUT2D eigenvalue weighted by molar-refractivity contribution is 5.66. The minimum absolute atomic E-state index is 0.0715. The van der Waals surface area contributed by atoms with Crippen LogP contribution >= 0.6 is 0 Å². The van der Waals surface area contributed by atoms with Crippen LogP contribution in [0, 0.1) is 0 Å². The summed E-state index contributed by atoms with van der Waals surface area (Å²) in [4.78, 5) is 4.68. The van der Waals surface area contributed by atoms with E-state index >= 15 is 0 Å². The first-order valence-corrected chi connectivity index (χ1v) is 8.16. The molecule has 0 amide bonds. The fourth-order valence-corrected chi connectivity index (χ4v) is 3.24. The van der Waals surface area contributed by atoms with Crippen LogP contribution in [0.2, 0.25) is 0 Å². The molecule has 0 aliphatic heterocycles. The third-order valence-corrected chi connectivity index (χ3v) is 4.49. The van der Waals surface area contributed by atoms with Crippen LogP contribution in [0.15, 0.2) is 48.7 Å². The van der Waals surface area contributed by atoms with Crippen LogP contribution in [0.5, 0.6) is 0 Å². The fourth-order valence-electron chi connectivity index (χ4n) is 3.24. The second kappa shape index (κ2) is 6.01. The maximum absolute atomic E-state index is 10.2. The van der Waals surface area contributed by atoms with Crippen LogP contribution in [0.25, 0.3) is 16.9 Å². The molecule has 5 nitrogen and oxygen atoms in total. The van der Waals surface area contributed by atoms with Gasteiger partial charge in [0.1, 0.15) is 5.82 Å². The molecule has 23 heavy (non-hydrogen) atoms. The van der Waals surface area contributed by atoms with Crippen molar-refractivity contribution < 1.29 is 5.11 Å². The van der Waals surface area contributed by atoms with E-state index < -0.39 is 0 Å². The minimum Gasteiger partial charge on any atom is -0.391 e. The number of nitrogens with one attached hydrogen (secondary N) is 1. The minimum atomic E-state index is -0.303. The summed E-state index contributed by atoms with van der Waals surface area (Å²) in [6.45, 7) is 0. The molecule has 2 N–H and O–H groups in total. The lowest BCUT2D eigenvalue weighted by Crippen LogP contribution is -2.36. The molecule has 1 saturated carbocycles. The van der Waals surface area contributed by atoms with Gasteiger partial charge in [0.15, 0.2) is 5.65 Å². The number of aliphatic hydroxyl groups excluding tert-OH is 1. The molecular formula is C18H20N4O. The summed E-state index contributed by atoms with van der Waals surface area (Å²) in [5, 5.41) is 18.1. The summed E-state index contributed by atoms with van der Waals surface area (Å²) in [5.41, 5.74) is 2.79. The summed E-state index contributed by atoms with van der Waals surface area (Å²) in [5.74, 6) is 0.879. The number of nitrogens with zero attached hydrogens (tertiary/aromatic N) is 3. The van der Waals surface area contributed by atoms with E-state index in [-0.39, 0.29) is 12.1 Å². The molecule has 5 heteroatoms. The smallest absolute Gasteiger partial charge is 0.157 e. The van der Waals surface area contributed by atoms with Gasteiger partial charge in [0.25, 0.3) is 0 Å². The van der Waals surface area contributed by atoms with Crippen LogP contribution in [0.4, 0.5) is 5.82 Å². The molecule has 0 unspecified atom stereocenters. The van der Waals surface area contributed by atoms with Gasteiger partial charge in [-0.15, -0.1) is 0 Å². The van der Waals surface area contributed by atoms with Gasteiger partial charge in [0.05, 0.1) is 24.0 Å². The monoisotopic (exact) mass is 308 g/mol. The number of aliphatic hydroxyl groups is 1. The summed E-state index contributed by atoms with van der Waals surface area (Å²) in [6.07, 6.45) is 5.53. The average Bonchev–Trinajstić information content (AvgIpc) is 3.06. The summed E-state index contributed by atoms with van der Waals surface area (Å²) in [6, 6.07) is 14.1. The first kappa shape index (κ1) is 14.2. The van der Waals surface area contributed by atoms with Gasteiger partial charge in [0.2, 0.25) is 0 Å². The van der Waals surface area contributed by atoms with Crippen LogP contribution < -0.4 is 5.32 Å². The highest BCUT2D eigenvalue weighted by atomic mass is 16.3. The predicted octanol–water partition coefficient (Wildman–Crippen LogP) is 3.11. The number of benzene rings is 1. The highest BCUT2D eigenvalue weighted by Crippen LogP contribution is 2.26. The maximum atomic E-state index is 10.2. The Labute approximate surface area is 135 Å². The van der Waals surface area contributed by atoms with E-state index in [1.165, 1.54) is 0 Å². The molecule has 0 saturated heterocycles. The lowest BCUT2D eigenvalue weighted by molar-refractivity contribution is 0.116. The second-order valence-electron chi connectivity index (χ2n) is 6.10. The highest BCUT2D eigenvalue weighted by Gasteiger charge is 2.23. The molecule has 2 atom stereocenters. The first-order valence-electron chi connectivity index (χ1n) is 8.16. The third-order valence-electron chi connectivity index (χ3n) is 4.49. The van der Waals surface area contributed by atoms with Gasteiger partial charge in [-0.3, -0.25) is 0 Å². The zero-order valence-electron chi connectivity index (χ0n) is 12.9. The lowest BCUT2D eigenvalue weighted by Gasteiger charge is -2.29. The van der Waals surface area contributed by atoms with Crippen molar-refractivity contribution in [2.75, 3.05) is 5.32 Å². The zero-order valence-corrected chi connectivity index (χ0v) is 12.9. The van der Waals surface area contributed by atoms with Gasteiger partial charge >= 0.3 is 0 Å². The van der Waals surface area contributed by atoms with Crippen LogP contribution in [-0.2, 0) is 0 Å². The molecule has 1 fully saturated rings. The van der Waals surface area contributed by atoms with Gasteiger partial charge in [-0.1, -0.05) is 43.2 Å². The Balaban J connectivity index is 1.74. The van der Waals surface area contributed by atoms with Gasteiger partial charge < -0.3 is 10.4 Å². The number of hydrogen-bond donors (Lipinski definition) is 2. The lowest BCUT2D eigenvalue weighted by atomic mass is 9.92. The summed E-state index contributed by atoms with van der Waals surface area (Å²) < 4.78 is 1.80. The van der Waals surface area contributed by atoms with Crippen LogP contribution in [0.3, 0.4) is 0 Å². The van der Waals surface area contributed by atoms with E-state index in [0.717, 1.165) is 48.4 Å². The Morgan fingerprint density at radius 3 is 2.74 bits per heavy atom. The normalized spacial score (nSPS) is 21.4. The van der Waals surface area contributed by atoms with Gasteiger partial charge in [0, 0.05) is 17.7 Å². The van der Waals surface area contributed by atoms with E-state index in [1.54, 1.807) is 10.7 Å². The van der Waals surface area contributed by atoms with Crippen LogP contribution in [-0.4, -0.2) is 31.9 Å². The van der Waals surface area contributed by atoms with E-state index in [0.29, 0.717) is 0 Å². The van der Waals surface area contributed by atoms with Gasteiger partial charge in [-0.2, -0.15) is 9.61 Å². The third kappa shape index (κ3) is 2.80. The van der Waals surface area contributed by atoms with Crippen molar-refractivity contribution in [2.24, 2.45) is 0 Å². The van der Waals surface area contributed by atoms with E-state index in [2.05, 4.69) is 27.5 Å². The summed E-state index contributed by atoms with van der Waals surface area (Å²) in [7, 11) is 0. The Kier molecular flexibility index (Phi) is 3.71.